The number of anilines is 1. The number of fused-ring (bicyclic) bond motifs is 1. The van der Waals surface area contributed by atoms with Crippen LogP contribution >= 0.6 is 15.9 Å². The molecule has 0 N–H and O–H groups in total. The second-order valence-electron chi connectivity index (χ2n) is 4.94. The third-order valence-electron chi connectivity index (χ3n) is 3.58. The Bertz CT molecular complexity index is 761. The molecule has 0 aliphatic heterocycles. The minimum absolute atomic E-state index is 0.181. The standard InChI is InChI=1S/C16H15BrN4/c1-11(12-6-4-3-5-7-12)21(2)16-18-14-9-8-13(17)10-15(14)19-20-16/h3-11H,1-2H3/t11-/m1/s1. The van der Waals surface area contributed by atoms with E-state index < -0.39 is 0 Å². The van der Waals surface area contributed by atoms with Crippen molar-refractivity contribution < 1.29 is 0 Å². The van der Waals surface area contributed by atoms with Crippen molar-refractivity contribution in [3.05, 3.63) is 58.6 Å². The van der Waals surface area contributed by atoms with Crippen molar-refractivity contribution >= 4 is 32.9 Å². The quantitative estimate of drug-likeness (QED) is 0.721. The Kier molecular flexibility index (Phi) is 3.84. The summed E-state index contributed by atoms with van der Waals surface area (Å²) in [4.78, 5) is 6.63. The van der Waals surface area contributed by atoms with E-state index in [0.29, 0.717) is 5.95 Å². The lowest BCUT2D eigenvalue weighted by Gasteiger charge is -2.24. The van der Waals surface area contributed by atoms with Gasteiger partial charge in [0.25, 0.3) is 0 Å². The molecule has 106 valence electrons. The van der Waals surface area contributed by atoms with Crippen LogP contribution in [0.25, 0.3) is 11.0 Å². The zero-order chi connectivity index (χ0) is 14.8. The number of hydrogen-bond acceptors (Lipinski definition) is 4. The van der Waals surface area contributed by atoms with Gasteiger partial charge in [-0.15, -0.1) is 10.2 Å². The monoisotopic (exact) mass is 342 g/mol. The molecular formula is C16H15BrN4. The summed E-state index contributed by atoms with van der Waals surface area (Å²) in [6.07, 6.45) is 0. The summed E-state index contributed by atoms with van der Waals surface area (Å²) in [5.74, 6) is 0.626. The van der Waals surface area contributed by atoms with Crippen LogP contribution in [-0.2, 0) is 0 Å². The highest BCUT2D eigenvalue weighted by molar-refractivity contribution is 9.10. The Morgan fingerprint density at radius 2 is 1.76 bits per heavy atom. The van der Waals surface area contributed by atoms with E-state index in [0.717, 1.165) is 15.5 Å². The maximum Gasteiger partial charge on any atom is 0.246 e. The van der Waals surface area contributed by atoms with Crippen molar-refractivity contribution in [2.24, 2.45) is 0 Å². The highest BCUT2D eigenvalue weighted by Crippen LogP contribution is 2.23. The summed E-state index contributed by atoms with van der Waals surface area (Å²) < 4.78 is 0.977. The Morgan fingerprint density at radius 3 is 2.52 bits per heavy atom. The lowest BCUT2D eigenvalue weighted by Crippen LogP contribution is -2.24. The van der Waals surface area contributed by atoms with Gasteiger partial charge in [0.1, 0.15) is 5.52 Å². The van der Waals surface area contributed by atoms with Gasteiger partial charge >= 0.3 is 0 Å². The Balaban J connectivity index is 1.94. The Hall–Kier alpha value is -2.01. The Labute approximate surface area is 132 Å². The molecule has 1 aromatic heterocycles. The fourth-order valence-electron chi connectivity index (χ4n) is 2.18. The van der Waals surface area contributed by atoms with Crippen LogP contribution in [0.4, 0.5) is 5.95 Å². The largest absolute Gasteiger partial charge is 0.336 e. The van der Waals surface area contributed by atoms with Crippen LogP contribution in [0.1, 0.15) is 18.5 Å². The van der Waals surface area contributed by atoms with Gasteiger partial charge in [-0.05, 0) is 30.7 Å². The van der Waals surface area contributed by atoms with Crippen LogP contribution < -0.4 is 4.90 Å². The summed E-state index contributed by atoms with van der Waals surface area (Å²) in [6.45, 7) is 2.13. The maximum atomic E-state index is 4.59. The van der Waals surface area contributed by atoms with Crippen LogP contribution in [0.2, 0.25) is 0 Å². The molecule has 3 rings (SSSR count). The Morgan fingerprint density at radius 1 is 1.00 bits per heavy atom. The van der Waals surface area contributed by atoms with Crippen molar-refractivity contribution in [2.45, 2.75) is 13.0 Å². The van der Waals surface area contributed by atoms with Gasteiger partial charge in [0, 0.05) is 11.5 Å². The average Bonchev–Trinajstić information content (AvgIpc) is 2.53. The molecule has 0 unspecified atom stereocenters. The predicted octanol–water partition coefficient (Wildman–Crippen LogP) is 3.98. The van der Waals surface area contributed by atoms with Crippen LogP contribution in [0.3, 0.4) is 0 Å². The zero-order valence-corrected chi connectivity index (χ0v) is 13.4. The molecular weight excluding hydrogens is 328 g/mol. The summed E-state index contributed by atoms with van der Waals surface area (Å²) in [5, 5.41) is 8.49. The molecule has 0 bridgehead atoms. The van der Waals surface area contributed by atoms with Crippen LogP contribution in [0.15, 0.2) is 53.0 Å². The fraction of sp³-hybridized carbons (Fsp3) is 0.188. The second-order valence-corrected chi connectivity index (χ2v) is 5.86. The van der Waals surface area contributed by atoms with Crippen molar-refractivity contribution in [1.29, 1.82) is 0 Å². The number of hydrogen-bond donors (Lipinski definition) is 0. The number of rotatable bonds is 3. The molecule has 5 heteroatoms. The lowest BCUT2D eigenvalue weighted by molar-refractivity contribution is 0.709. The molecule has 0 radical (unpaired) electrons. The van der Waals surface area contributed by atoms with Gasteiger partial charge in [0.2, 0.25) is 5.95 Å². The van der Waals surface area contributed by atoms with Crippen molar-refractivity contribution in [1.82, 2.24) is 15.2 Å². The number of aromatic nitrogens is 3. The third-order valence-corrected chi connectivity index (χ3v) is 4.08. The molecule has 4 nitrogen and oxygen atoms in total. The molecule has 0 saturated heterocycles. The topological polar surface area (TPSA) is 41.9 Å². The second kappa shape index (κ2) is 5.77. The molecule has 3 aromatic rings. The molecule has 21 heavy (non-hydrogen) atoms. The SMILES string of the molecule is C[C@H](c1ccccc1)N(C)c1nnc2cc(Br)ccc2n1. The van der Waals surface area contributed by atoms with E-state index in [4.69, 9.17) is 0 Å². The van der Waals surface area contributed by atoms with Crippen LogP contribution in [0, 0.1) is 0 Å². The molecule has 1 heterocycles. The predicted molar refractivity (Wildman–Crippen MR) is 88.3 cm³/mol. The van der Waals surface area contributed by atoms with E-state index in [2.05, 4.69) is 50.2 Å². The van der Waals surface area contributed by atoms with Crippen molar-refractivity contribution in [3.8, 4) is 0 Å². The molecule has 2 aromatic carbocycles. The van der Waals surface area contributed by atoms with Gasteiger partial charge in [-0.3, -0.25) is 0 Å². The van der Waals surface area contributed by atoms with Gasteiger partial charge in [-0.25, -0.2) is 4.98 Å². The van der Waals surface area contributed by atoms with Gasteiger partial charge in [0.15, 0.2) is 0 Å². The van der Waals surface area contributed by atoms with Gasteiger partial charge in [-0.2, -0.15) is 0 Å². The first kappa shape index (κ1) is 13.9. The maximum absolute atomic E-state index is 4.59. The van der Waals surface area contributed by atoms with E-state index in [1.807, 2.05) is 48.3 Å². The number of nitrogens with zero attached hydrogens (tertiary/aromatic N) is 4. The first-order valence-electron chi connectivity index (χ1n) is 6.73. The fourth-order valence-corrected chi connectivity index (χ4v) is 2.53. The number of halogens is 1. The van der Waals surface area contributed by atoms with Gasteiger partial charge < -0.3 is 4.90 Å². The van der Waals surface area contributed by atoms with E-state index in [1.54, 1.807) is 0 Å². The van der Waals surface area contributed by atoms with Gasteiger partial charge in [0.05, 0.1) is 11.6 Å². The molecule has 0 aliphatic carbocycles. The molecule has 0 saturated carbocycles. The lowest BCUT2D eigenvalue weighted by atomic mass is 10.1. The molecule has 1 atom stereocenters. The summed E-state index contributed by atoms with van der Waals surface area (Å²) in [6, 6.07) is 16.3. The zero-order valence-electron chi connectivity index (χ0n) is 11.9. The molecule has 0 spiro atoms. The van der Waals surface area contributed by atoms with E-state index in [1.165, 1.54) is 5.56 Å². The highest BCUT2D eigenvalue weighted by Gasteiger charge is 2.15. The average molecular weight is 343 g/mol. The molecule has 0 fully saturated rings. The normalized spacial score (nSPS) is 12.3. The van der Waals surface area contributed by atoms with E-state index in [9.17, 15) is 0 Å². The molecule has 0 aliphatic rings. The van der Waals surface area contributed by atoms with Crippen LogP contribution in [0.5, 0.6) is 0 Å². The summed E-state index contributed by atoms with van der Waals surface area (Å²) >= 11 is 3.43. The smallest absolute Gasteiger partial charge is 0.246 e. The first-order chi connectivity index (χ1) is 10.1. The van der Waals surface area contributed by atoms with E-state index >= 15 is 0 Å². The van der Waals surface area contributed by atoms with Crippen LogP contribution in [-0.4, -0.2) is 22.2 Å². The minimum Gasteiger partial charge on any atom is -0.336 e. The third kappa shape index (κ3) is 2.88. The first-order valence-corrected chi connectivity index (χ1v) is 7.52. The van der Waals surface area contributed by atoms with Crippen molar-refractivity contribution in [3.63, 3.8) is 0 Å². The number of benzene rings is 2. The summed E-state index contributed by atoms with van der Waals surface area (Å²) in [5.41, 5.74) is 2.85. The van der Waals surface area contributed by atoms with Crippen molar-refractivity contribution in [2.75, 3.05) is 11.9 Å². The minimum atomic E-state index is 0.181. The van der Waals surface area contributed by atoms with Gasteiger partial charge in [-0.1, -0.05) is 46.3 Å². The summed E-state index contributed by atoms with van der Waals surface area (Å²) in [7, 11) is 1.99. The molecule has 0 amide bonds. The highest BCUT2D eigenvalue weighted by atomic mass is 79.9. The van der Waals surface area contributed by atoms with E-state index in [-0.39, 0.29) is 6.04 Å².